The van der Waals surface area contributed by atoms with Crippen LogP contribution in [0.5, 0.6) is 0 Å². The van der Waals surface area contributed by atoms with Crippen LogP contribution in [-0.2, 0) is 10.0 Å². The van der Waals surface area contributed by atoms with Crippen LogP contribution in [0.1, 0.15) is 29.0 Å². The molecule has 1 fully saturated rings. The molecule has 6 heteroatoms. The van der Waals surface area contributed by atoms with Crippen LogP contribution >= 0.6 is 11.3 Å². The van der Waals surface area contributed by atoms with Crippen molar-refractivity contribution >= 4 is 21.4 Å². The molecule has 18 heavy (non-hydrogen) atoms. The van der Waals surface area contributed by atoms with Crippen molar-refractivity contribution in [2.24, 2.45) is 0 Å². The van der Waals surface area contributed by atoms with E-state index in [-0.39, 0.29) is 6.04 Å². The number of thiophene rings is 1. The molecule has 0 amide bonds. The van der Waals surface area contributed by atoms with Crippen LogP contribution < -0.4 is 10.0 Å². The first-order valence-electron chi connectivity index (χ1n) is 6.29. The fraction of sp³-hybridized carbons (Fsp3) is 0.667. The Kier molecular flexibility index (Phi) is 4.42. The summed E-state index contributed by atoms with van der Waals surface area (Å²) in [5.41, 5.74) is 0. The van der Waals surface area contributed by atoms with E-state index in [1.54, 1.807) is 6.07 Å². The van der Waals surface area contributed by atoms with Gasteiger partial charge in [-0.25, -0.2) is 13.1 Å². The molecule has 0 bridgehead atoms. The fourth-order valence-electron chi connectivity index (χ4n) is 2.29. The lowest BCUT2D eigenvalue weighted by molar-refractivity contribution is 0.518. The van der Waals surface area contributed by atoms with E-state index in [4.69, 9.17) is 0 Å². The average Bonchev–Trinajstić information content (AvgIpc) is 2.51. The van der Waals surface area contributed by atoms with Gasteiger partial charge in [-0.15, -0.1) is 11.3 Å². The minimum absolute atomic E-state index is 0.0598. The van der Waals surface area contributed by atoms with Crippen LogP contribution in [0.4, 0.5) is 0 Å². The van der Waals surface area contributed by atoms with Crippen molar-refractivity contribution in [1.82, 2.24) is 10.0 Å². The Labute approximate surface area is 113 Å². The molecule has 1 aliphatic rings. The molecule has 1 saturated heterocycles. The summed E-state index contributed by atoms with van der Waals surface area (Å²) in [6.07, 6.45) is 2.80. The molecule has 2 rings (SSSR count). The second kappa shape index (κ2) is 5.69. The van der Waals surface area contributed by atoms with E-state index in [1.807, 2.05) is 13.8 Å². The first-order valence-corrected chi connectivity index (χ1v) is 8.59. The van der Waals surface area contributed by atoms with Gasteiger partial charge in [-0.05, 0) is 52.3 Å². The van der Waals surface area contributed by atoms with Gasteiger partial charge in [0, 0.05) is 15.8 Å². The zero-order valence-corrected chi connectivity index (χ0v) is 12.5. The molecule has 0 saturated carbocycles. The molecule has 1 atom stereocenters. The Balaban J connectivity index is 2.13. The Morgan fingerprint density at radius 3 is 2.78 bits per heavy atom. The van der Waals surface area contributed by atoms with E-state index in [1.165, 1.54) is 11.3 Å². The second-order valence-corrected chi connectivity index (χ2v) is 7.92. The minimum atomic E-state index is -3.35. The van der Waals surface area contributed by atoms with Crippen molar-refractivity contribution in [3.05, 3.63) is 15.8 Å². The van der Waals surface area contributed by atoms with Gasteiger partial charge in [-0.3, -0.25) is 0 Å². The number of hydrogen-bond donors (Lipinski definition) is 2. The third kappa shape index (κ3) is 3.32. The summed E-state index contributed by atoms with van der Waals surface area (Å²) < 4.78 is 27.5. The van der Waals surface area contributed by atoms with Gasteiger partial charge >= 0.3 is 0 Å². The molecular formula is C12H20N2O2S2. The highest BCUT2D eigenvalue weighted by molar-refractivity contribution is 7.89. The molecule has 0 spiro atoms. The van der Waals surface area contributed by atoms with Crippen LogP contribution in [0, 0.1) is 13.8 Å². The molecule has 4 nitrogen and oxygen atoms in total. The Morgan fingerprint density at radius 1 is 1.33 bits per heavy atom. The van der Waals surface area contributed by atoms with E-state index >= 15 is 0 Å². The molecule has 1 aromatic rings. The van der Waals surface area contributed by atoms with Crippen molar-refractivity contribution in [2.45, 2.75) is 44.0 Å². The van der Waals surface area contributed by atoms with E-state index < -0.39 is 10.0 Å². The lowest BCUT2D eigenvalue weighted by Crippen LogP contribution is -2.35. The maximum Gasteiger partial charge on any atom is 0.241 e. The molecule has 1 unspecified atom stereocenters. The quantitative estimate of drug-likeness (QED) is 0.891. The Morgan fingerprint density at radius 2 is 2.11 bits per heavy atom. The van der Waals surface area contributed by atoms with Crippen LogP contribution in [-0.4, -0.2) is 27.5 Å². The van der Waals surface area contributed by atoms with Crippen molar-refractivity contribution < 1.29 is 8.42 Å². The molecule has 0 aliphatic carbocycles. The third-order valence-corrected chi connectivity index (χ3v) is 5.92. The van der Waals surface area contributed by atoms with Crippen molar-refractivity contribution in [1.29, 1.82) is 0 Å². The zero-order valence-electron chi connectivity index (χ0n) is 10.8. The molecule has 1 aliphatic heterocycles. The van der Waals surface area contributed by atoms with Gasteiger partial charge < -0.3 is 5.32 Å². The van der Waals surface area contributed by atoms with Gasteiger partial charge in [0.05, 0.1) is 4.90 Å². The van der Waals surface area contributed by atoms with Gasteiger partial charge in [-0.1, -0.05) is 0 Å². The smallest absolute Gasteiger partial charge is 0.241 e. The van der Waals surface area contributed by atoms with Crippen molar-refractivity contribution in [3.8, 4) is 0 Å². The molecule has 2 heterocycles. The van der Waals surface area contributed by atoms with Gasteiger partial charge in [0.15, 0.2) is 0 Å². The number of sulfonamides is 1. The summed E-state index contributed by atoms with van der Waals surface area (Å²) >= 11 is 1.53. The number of hydrogen-bond acceptors (Lipinski definition) is 4. The Hall–Kier alpha value is -0.430. The van der Waals surface area contributed by atoms with E-state index in [0.717, 1.165) is 42.1 Å². The maximum absolute atomic E-state index is 12.3. The number of rotatable bonds is 3. The minimum Gasteiger partial charge on any atom is -0.317 e. The number of aryl methyl sites for hydroxylation is 2. The van der Waals surface area contributed by atoms with Crippen LogP contribution in [0.3, 0.4) is 0 Å². The highest BCUT2D eigenvalue weighted by Crippen LogP contribution is 2.25. The molecule has 1 aromatic heterocycles. The number of nitrogens with one attached hydrogen (secondary N) is 2. The molecular weight excluding hydrogens is 268 g/mol. The highest BCUT2D eigenvalue weighted by atomic mass is 32.2. The highest BCUT2D eigenvalue weighted by Gasteiger charge is 2.23. The summed E-state index contributed by atoms with van der Waals surface area (Å²) in [5.74, 6) is 0. The van der Waals surface area contributed by atoms with Crippen LogP contribution in [0.25, 0.3) is 0 Å². The van der Waals surface area contributed by atoms with Gasteiger partial charge in [-0.2, -0.15) is 0 Å². The van der Waals surface area contributed by atoms with Gasteiger partial charge in [0.25, 0.3) is 0 Å². The molecule has 0 radical (unpaired) electrons. The summed E-state index contributed by atoms with van der Waals surface area (Å²) in [7, 11) is -3.35. The topological polar surface area (TPSA) is 58.2 Å². The first-order chi connectivity index (χ1) is 8.49. The monoisotopic (exact) mass is 288 g/mol. The zero-order chi connectivity index (χ0) is 13.2. The van der Waals surface area contributed by atoms with Crippen molar-refractivity contribution in [3.63, 3.8) is 0 Å². The standard InChI is InChI=1S/C12H20N2O2S2/c1-9-8-12(10(2)17-9)18(15,16)14-11-4-3-6-13-7-5-11/h8,11,13-14H,3-7H2,1-2H3. The summed E-state index contributed by atoms with van der Waals surface area (Å²) in [6.45, 7) is 5.66. The van der Waals surface area contributed by atoms with E-state index in [9.17, 15) is 8.42 Å². The predicted molar refractivity (Wildman–Crippen MR) is 74.6 cm³/mol. The average molecular weight is 288 g/mol. The normalized spacial score (nSPS) is 21.8. The second-order valence-electron chi connectivity index (χ2n) is 4.78. The Bertz CT molecular complexity index is 500. The largest absolute Gasteiger partial charge is 0.317 e. The van der Waals surface area contributed by atoms with Crippen molar-refractivity contribution in [2.75, 3.05) is 13.1 Å². The van der Waals surface area contributed by atoms with Crippen LogP contribution in [0.2, 0.25) is 0 Å². The van der Waals surface area contributed by atoms with Crippen LogP contribution in [0.15, 0.2) is 11.0 Å². The predicted octanol–water partition coefficient (Wildman–Crippen LogP) is 1.79. The first kappa shape index (κ1) is 14.0. The fourth-order valence-corrected chi connectivity index (χ4v) is 5.15. The van der Waals surface area contributed by atoms with E-state index in [0.29, 0.717) is 4.90 Å². The third-order valence-electron chi connectivity index (χ3n) is 3.18. The molecule has 0 aromatic carbocycles. The molecule has 2 N–H and O–H groups in total. The van der Waals surface area contributed by atoms with Gasteiger partial charge in [0.1, 0.15) is 0 Å². The summed E-state index contributed by atoms with van der Waals surface area (Å²) in [4.78, 5) is 2.35. The molecule has 102 valence electrons. The van der Waals surface area contributed by atoms with E-state index in [2.05, 4.69) is 10.0 Å². The SMILES string of the molecule is Cc1cc(S(=O)(=O)NC2CCCNCC2)c(C)s1. The van der Waals surface area contributed by atoms with Gasteiger partial charge in [0.2, 0.25) is 10.0 Å². The summed E-state index contributed by atoms with van der Waals surface area (Å²) in [6, 6.07) is 1.82. The maximum atomic E-state index is 12.3. The lowest BCUT2D eigenvalue weighted by Gasteiger charge is -2.15. The summed E-state index contributed by atoms with van der Waals surface area (Å²) in [5, 5.41) is 3.29. The lowest BCUT2D eigenvalue weighted by atomic mass is 10.1.